The first kappa shape index (κ1) is 15.8. The van der Waals surface area contributed by atoms with Crippen molar-refractivity contribution in [1.82, 2.24) is 10.2 Å². The van der Waals surface area contributed by atoms with Crippen LogP contribution in [0.2, 0.25) is 0 Å². The fourth-order valence-corrected chi connectivity index (χ4v) is 1.63. The van der Waals surface area contributed by atoms with Crippen LogP contribution in [-0.4, -0.2) is 49.1 Å². The minimum Gasteiger partial charge on any atom is -0.507 e. The van der Waals surface area contributed by atoms with E-state index in [4.69, 9.17) is 4.74 Å². The Hall–Kier alpha value is -2.24. The van der Waals surface area contributed by atoms with E-state index in [2.05, 4.69) is 5.32 Å². The number of aromatic hydroxyl groups is 1. The number of amides is 2. The summed E-state index contributed by atoms with van der Waals surface area (Å²) in [5.74, 6) is -0.343. The average Bonchev–Trinajstić information content (AvgIpc) is 2.44. The third-order valence-electron chi connectivity index (χ3n) is 2.73. The molecule has 1 rings (SSSR count). The highest BCUT2D eigenvalue weighted by Gasteiger charge is 2.18. The number of likely N-dealkylation sites (N-methyl/N-ethyl adjacent to an activating group) is 1. The molecule has 2 N–H and O–H groups in total. The van der Waals surface area contributed by atoms with Crippen molar-refractivity contribution in [2.24, 2.45) is 0 Å². The van der Waals surface area contributed by atoms with E-state index in [1.54, 1.807) is 6.07 Å². The van der Waals surface area contributed by atoms with Crippen molar-refractivity contribution < 1.29 is 19.4 Å². The van der Waals surface area contributed by atoms with Gasteiger partial charge in [-0.15, -0.1) is 0 Å². The molecule has 0 spiro atoms. The van der Waals surface area contributed by atoms with Crippen molar-refractivity contribution in [1.29, 1.82) is 0 Å². The van der Waals surface area contributed by atoms with E-state index in [0.717, 1.165) is 6.42 Å². The summed E-state index contributed by atoms with van der Waals surface area (Å²) in [4.78, 5) is 25.0. The standard InChI is InChI=1S/C14H20N2O4/c1-4-7-15-13(18)9-16(2)14(19)11-8-10(20-3)5-6-12(11)17/h5-6,8,17H,4,7,9H2,1-3H3,(H,15,18). The lowest BCUT2D eigenvalue weighted by Crippen LogP contribution is -2.38. The van der Waals surface area contributed by atoms with E-state index in [1.807, 2.05) is 6.92 Å². The summed E-state index contributed by atoms with van der Waals surface area (Å²) in [6.07, 6.45) is 0.833. The number of benzene rings is 1. The number of nitrogens with zero attached hydrogens (tertiary/aromatic N) is 1. The van der Waals surface area contributed by atoms with Crippen molar-refractivity contribution in [3.8, 4) is 11.5 Å². The first-order valence-electron chi connectivity index (χ1n) is 6.38. The molecule has 0 aromatic heterocycles. The number of ether oxygens (including phenoxy) is 1. The summed E-state index contributed by atoms with van der Waals surface area (Å²) >= 11 is 0. The van der Waals surface area contributed by atoms with Crippen LogP contribution in [0.3, 0.4) is 0 Å². The molecule has 2 amide bonds. The molecule has 6 nitrogen and oxygen atoms in total. The molecule has 0 unspecified atom stereocenters. The highest BCUT2D eigenvalue weighted by molar-refractivity contribution is 5.98. The van der Waals surface area contributed by atoms with E-state index in [9.17, 15) is 14.7 Å². The molecule has 0 aliphatic rings. The number of hydrogen-bond acceptors (Lipinski definition) is 4. The molecule has 20 heavy (non-hydrogen) atoms. The molecule has 0 fully saturated rings. The highest BCUT2D eigenvalue weighted by Crippen LogP contribution is 2.23. The van der Waals surface area contributed by atoms with Crippen molar-refractivity contribution in [3.63, 3.8) is 0 Å². The topological polar surface area (TPSA) is 78.9 Å². The van der Waals surface area contributed by atoms with Gasteiger partial charge < -0.3 is 20.1 Å². The predicted octanol–water partition coefficient (Wildman–Crippen LogP) is 0.999. The molecule has 0 saturated carbocycles. The molecule has 0 aliphatic carbocycles. The monoisotopic (exact) mass is 280 g/mol. The Kier molecular flexibility index (Phi) is 5.83. The molecule has 0 saturated heterocycles. The Morgan fingerprint density at radius 3 is 2.70 bits per heavy atom. The maximum absolute atomic E-state index is 12.2. The van der Waals surface area contributed by atoms with Crippen molar-refractivity contribution in [3.05, 3.63) is 23.8 Å². The number of hydrogen-bond donors (Lipinski definition) is 2. The first-order valence-corrected chi connectivity index (χ1v) is 6.38. The Balaban J connectivity index is 2.76. The summed E-state index contributed by atoms with van der Waals surface area (Å²) in [7, 11) is 2.98. The second kappa shape index (κ2) is 7.37. The van der Waals surface area contributed by atoms with Crippen LogP contribution in [0.4, 0.5) is 0 Å². The summed E-state index contributed by atoms with van der Waals surface area (Å²) in [6, 6.07) is 4.38. The van der Waals surface area contributed by atoms with Gasteiger partial charge in [0.25, 0.3) is 5.91 Å². The predicted molar refractivity (Wildman–Crippen MR) is 74.9 cm³/mol. The lowest BCUT2D eigenvalue weighted by atomic mass is 10.1. The zero-order valence-electron chi connectivity index (χ0n) is 12.0. The molecule has 110 valence electrons. The van der Waals surface area contributed by atoms with E-state index in [0.29, 0.717) is 12.3 Å². The van der Waals surface area contributed by atoms with Gasteiger partial charge in [0.2, 0.25) is 5.91 Å². The molecule has 0 aliphatic heterocycles. The van der Waals surface area contributed by atoms with Crippen LogP contribution in [-0.2, 0) is 4.79 Å². The van der Waals surface area contributed by atoms with Crippen LogP contribution < -0.4 is 10.1 Å². The van der Waals surface area contributed by atoms with Gasteiger partial charge in [-0.25, -0.2) is 0 Å². The lowest BCUT2D eigenvalue weighted by Gasteiger charge is -2.17. The molecule has 1 aromatic carbocycles. The molecular formula is C14H20N2O4. The van der Waals surface area contributed by atoms with Crippen molar-refractivity contribution in [2.75, 3.05) is 27.2 Å². The minimum atomic E-state index is -0.437. The molecule has 1 aromatic rings. The van der Waals surface area contributed by atoms with Gasteiger partial charge in [-0.05, 0) is 24.6 Å². The number of phenols is 1. The van der Waals surface area contributed by atoms with Crippen LogP contribution >= 0.6 is 0 Å². The van der Waals surface area contributed by atoms with Crippen LogP contribution in [0.5, 0.6) is 11.5 Å². The molecule has 0 atom stereocenters. The summed E-state index contributed by atoms with van der Waals surface area (Å²) < 4.78 is 5.01. The van der Waals surface area contributed by atoms with Crippen LogP contribution in [0.1, 0.15) is 23.7 Å². The SMILES string of the molecule is CCCNC(=O)CN(C)C(=O)c1cc(OC)ccc1O. The number of carbonyl (C=O) groups is 2. The number of methoxy groups -OCH3 is 1. The minimum absolute atomic E-state index is 0.0600. The molecule has 0 heterocycles. The third-order valence-corrected chi connectivity index (χ3v) is 2.73. The maximum Gasteiger partial charge on any atom is 0.257 e. The lowest BCUT2D eigenvalue weighted by molar-refractivity contribution is -0.121. The van der Waals surface area contributed by atoms with Gasteiger partial charge in [0.15, 0.2) is 0 Å². The van der Waals surface area contributed by atoms with Crippen molar-refractivity contribution in [2.45, 2.75) is 13.3 Å². The zero-order chi connectivity index (χ0) is 15.1. The highest BCUT2D eigenvalue weighted by atomic mass is 16.5. The van der Waals surface area contributed by atoms with Gasteiger partial charge in [-0.2, -0.15) is 0 Å². The van der Waals surface area contributed by atoms with Crippen LogP contribution in [0.15, 0.2) is 18.2 Å². The van der Waals surface area contributed by atoms with Gasteiger partial charge in [-0.1, -0.05) is 6.92 Å². The smallest absolute Gasteiger partial charge is 0.257 e. The van der Waals surface area contributed by atoms with Gasteiger partial charge >= 0.3 is 0 Å². The van der Waals surface area contributed by atoms with E-state index < -0.39 is 5.91 Å². The average molecular weight is 280 g/mol. The molecule has 0 bridgehead atoms. The fraction of sp³-hybridized carbons (Fsp3) is 0.429. The maximum atomic E-state index is 12.2. The van der Waals surface area contributed by atoms with Gasteiger partial charge in [0.05, 0.1) is 19.2 Å². The number of phenolic OH excluding ortho intramolecular Hbond substituents is 1. The second-order valence-corrected chi connectivity index (χ2v) is 4.39. The van der Waals surface area contributed by atoms with Gasteiger partial charge in [-0.3, -0.25) is 9.59 Å². The summed E-state index contributed by atoms with van der Waals surface area (Å²) in [6.45, 7) is 2.46. The Labute approximate surface area is 118 Å². The Morgan fingerprint density at radius 2 is 2.10 bits per heavy atom. The van der Waals surface area contributed by atoms with Crippen LogP contribution in [0.25, 0.3) is 0 Å². The number of rotatable bonds is 6. The third kappa shape index (κ3) is 4.15. The Bertz CT molecular complexity index is 488. The van der Waals surface area contributed by atoms with E-state index in [1.165, 1.54) is 31.2 Å². The van der Waals surface area contributed by atoms with Crippen LogP contribution in [0, 0.1) is 0 Å². The van der Waals surface area contributed by atoms with E-state index in [-0.39, 0.29) is 23.8 Å². The van der Waals surface area contributed by atoms with Gasteiger partial charge in [0, 0.05) is 13.6 Å². The largest absolute Gasteiger partial charge is 0.507 e. The summed E-state index contributed by atoms with van der Waals surface area (Å²) in [5.41, 5.74) is 0.107. The molecule has 0 radical (unpaired) electrons. The zero-order valence-corrected chi connectivity index (χ0v) is 12.0. The Morgan fingerprint density at radius 1 is 1.40 bits per heavy atom. The second-order valence-electron chi connectivity index (χ2n) is 4.39. The quantitative estimate of drug-likeness (QED) is 0.814. The first-order chi connectivity index (χ1) is 9.49. The van der Waals surface area contributed by atoms with Crippen molar-refractivity contribution >= 4 is 11.8 Å². The summed E-state index contributed by atoms with van der Waals surface area (Å²) in [5, 5.41) is 12.4. The normalized spacial score (nSPS) is 9.95. The number of nitrogens with one attached hydrogen (secondary N) is 1. The molecular weight excluding hydrogens is 260 g/mol. The van der Waals surface area contributed by atoms with E-state index >= 15 is 0 Å². The van der Waals surface area contributed by atoms with Gasteiger partial charge in [0.1, 0.15) is 11.5 Å². The fourth-order valence-electron chi connectivity index (χ4n) is 1.63. The number of carbonyl (C=O) groups excluding carboxylic acids is 2. The molecule has 6 heteroatoms.